The molecule has 1 fully saturated rings. The second-order valence-electron chi connectivity index (χ2n) is 3.42. The van der Waals surface area contributed by atoms with Crippen LogP contribution in [0.4, 0.5) is 5.82 Å². The van der Waals surface area contributed by atoms with Crippen LogP contribution in [0, 0.1) is 0 Å². The number of hydrogen-bond acceptors (Lipinski definition) is 5. The third-order valence-corrected chi connectivity index (χ3v) is 2.35. The fourth-order valence-corrected chi connectivity index (χ4v) is 1.50. The smallest absolute Gasteiger partial charge is 0.178 e. The largest absolute Gasteiger partial charge is 0.378 e. The Balaban J connectivity index is 2.19. The molecule has 0 amide bonds. The van der Waals surface area contributed by atoms with E-state index in [0.717, 1.165) is 18.9 Å². The molecule has 0 N–H and O–H groups in total. The van der Waals surface area contributed by atoms with Gasteiger partial charge < -0.3 is 9.64 Å². The first-order valence-electron chi connectivity index (χ1n) is 4.93. The van der Waals surface area contributed by atoms with Gasteiger partial charge in [0.2, 0.25) is 0 Å². The number of Topliss-reactive ketones (excluding diaryl/α,β-unsaturated/α-hetero) is 1. The minimum Gasteiger partial charge on any atom is -0.378 e. The molecule has 1 aromatic heterocycles. The summed E-state index contributed by atoms with van der Waals surface area (Å²) in [4.78, 5) is 21.3. The first-order valence-corrected chi connectivity index (χ1v) is 4.93. The summed E-state index contributed by atoms with van der Waals surface area (Å²) in [5, 5.41) is 0. The number of carbonyl (C=O) groups excluding carboxylic acids is 1. The number of hydrogen-bond donors (Lipinski definition) is 0. The number of morpholine rings is 1. The summed E-state index contributed by atoms with van der Waals surface area (Å²) in [6.45, 7) is 4.55. The van der Waals surface area contributed by atoms with Crippen LogP contribution in [0.1, 0.15) is 17.4 Å². The molecule has 0 saturated carbocycles. The molecule has 1 aromatic rings. The van der Waals surface area contributed by atoms with Gasteiger partial charge in [-0.25, -0.2) is 9.97 Å². The maximum atomic E-state index is 11.1. The van der Waals surface area contributed by atoms with Crippen molar-refractivity contribution in [3.8, 4) is 0 Å². The topological polar surface area (TPSA) is 55.3 Å². The summed E-state index contributed by atoms with van der Waals surface area (Å²) < 4.78 is 5.25. The first-order chi connectivity index (χ1) is 7.27. The van der Waals surface area contributed by atoms with Crippen LogP contribution in [0.2, 0.25) is 0 Å². The zero-order valence-corrected chi connectivity index (χ0v) is 8.64. The summed E-state index contributed by atoms with van der Waals surface area (Å²) >= 11 is 0. The monoisotopic (exact) mass is 207 g/mol. The molecule has 0 aliphatic carbocycles. The lowest BCUT2D eigenvalue weighted by Crippen LogP contribution is -2.36. The lowest BCUT2D eigenvalue weighted by molar-refractivity contribution is 0.101. The fourth-order valence-electron chi connectivity index (χ4n) is 1.50. The Morgan fingerprint density at radius 1 is 1.40 bits per heavy atom. The molecule has 0 radical (unpaired) electrons. The molecular formula is C10H13N3O2. The number of ether oxygens (including phenoxy) is 1. The molecule has 0 atom stereocenters. The number of nitrogens with zero attached hydrogens (tertiary/aromatic N) is 3. The van der Waals surface area contributed by atoms with E-state index in [4.69, 9.17) is 4.74 Å². The summed E-state index contributed by atoms with van der Waals surface area (Å²) in [6.07, 6.45) is 1.43. The lowest BCUT2D eigenvalue weighted by Gasteiger charge is -2.27. The van der Waals surface area contributed by atoms with Crippen molar-refractivity contribution in [3.05, 3.63) is 18.1 Å². The highest BCUT2D eigenvalue weighted by molar-refractivity contribution is 5.92. The van der Waals surface area contributed by atoms with Crippen LogP contribution in [0.3, 0.4) is 0 Å². The second kappa shape index (κ2) is 4.35. The maximum Gasteiger partial charge on any atom is 0.178 e. The summed E-state index contributed by atoms with van der Waals surface area (Å²) in [5.41, 5.74) is 0.464. The quantitative estimate of drug-likeness (QED) is 0.661. The van der Waals surface area contributed by atoms with E-state index in [1.165, 1.54) is 13.3 Å². The van der Waals surface area contributed by atoms with Crippen LogP contribution in [-0.4, -0.2) is 42.1 Å². The maximum absolute atomic E-state index is 11.1. The second-order valence-corrected chi connectivity index (χ2v) is 3.42. The van der Waals surface area contributed by atoms with E-state index in [1.807, 2.05) is 0 Å². The molecule has 1 aliphatic rings. The summed E-state index contributed by atoms with van der Waals surface area (Å²) in [5.74, 6) is 0.769. The molecule has 0 aromatic carbocycles. The predicted octanol–water partition coefficient (Wildman–Crippen LogP) is 0.516. The van der Waals surface area contributed by atoms with Gasteiger partial charge >= 0.3 is 0 Å². The lowest BCUT2D eigenvalue weighted by atomic mass is 10.3. The van der Waals surface area contributed by atoms with Crippen LogP contribution >= 0.6 is 0 Å². The Labute approximate surface area is 88.1 Å². The molecule has 5 nitrogen and oxygen atoms in total. The van der Waals surface area contributed by atoms with Gasteiger partial charge in [-0.05, 0) is 0 Å². The predicted molar refractivity (Wildman–Crippen MR) is 55.1 cm³/mol. The average Bonchev–Trinajstić information content (AvgIpc) is 2.30. The van der Waals surface area contributed by atoms with Crippen molar-refractivity contribution in [2.45, 2.75) is 6.92 Å². The Kier molecular flexibility index (Phi) is 2.91. The van der Waals surface area contributed by atoms with Crippen molar-refractivity contribution in [3.63, 3.8) is 0 Å². The Bertz CT molecular complexity index is 361. The molecule has 1 aliphatic heterocycles. The van der Waals surface area contributed by atoms with Crippen molar-refractivity contribution in [1.29, 1.82) is 0 Å². The van der Waals surface area contributed by atoms with Gasteiger partial charge in [-0.3, -0.25) is 4.79 Å². The number of anilines is 1. The van der Waals surface area contributed by atoms with Crippen molar-refractivity contribution in [2.75, 3.05) is 31.2 Å². The molecule has 1 saturated heterocycles. The van der Waals surface area contributed by atoms with E-state index >= 15 is 0 Å². The summed E-state index contributed by atoms with van der Waals surface area (Å²) in [6, 6.07) is 1.73. The van der Waals surface area contributed by atoms with E-state index in [2.05, 4.69) is 14.9 Å². The molecule has 2 heterocycles. The third-order valence-electron chi connectivity index (χ3n) is 2.35. The molecular weight excluding hydrogens is 194 g/mol. The molecule has 5 heteroatoms. The van der Waals surface area contributed by atoms with Crippen LogP contribution in [-0.2, 0) is 4.74 Å². The Hall–Kier alpha value is -1.49. The normalized spacial score (nSPS) is 16.5. The molecule has 2 rings (SSSR count). The van der Waals surface area contributed by atoms with Crippen LogP contribution < -0.4 is 4.90 Å². The van der Waals surface area contributed by atoms with E-state index in [0.29, 0.717) is 18.9 Å². The van der Waals surface area contributed by atoms with E-state index in [1.54, 1.807) is 6.07 Å². The average molecular weight is 207 g/mol. The Morgan fingerprint density at radius 3 is 2.80 bits per heavy atom. The molecule has 80 valence electrons. The highest BCUT2D eigenvalue weighted by Gasteiger charge is 2.13. The van der Waals surface area contributed by atoms with Crippen LogP contribution in [0.15, 0.2) is 12.4 Å². The minimum absolute atomic E-state index is 0.0353. The van der Waals surface area contributed by atoms with Crippen molar-refractivity contribution in [1.82, 2.24) is 9.97 Å². The van der Waals surface area contributed by atoms with Crippen molar-refractivity contribution >= 4 is 11.6 Å². The third kappa shape index (κ3) is 2.30. The van der Waals surface area contributed by atoms with Gasteiger partial charge in [-0.1, -0.05) is 0 Å². The number of aromatic nitrogens is 2. The van der Waals surface area contributed by atoms with Crippen molar-refractivity contribution in [2.24, 2.45) is 0 Å². The molecule has 0 spiro atoms. The van der Waals surface area contributed by atoms with Gasteiger partial charge in [0.25, 0.3) is 0 Å². The number of ketones is 1. The zero-order chi connectivity index (χ0) is 10.7. The van der Waals surface area contributed by atoms with Crippen LogP contribution in [0.25, 0.3) is 0 Å². The molecule has 0 bridgehead atoms. The highest BCUT2D eigenvalue weighted by Crippen LogP contribution is 2.12. The summed E-state index contributed by atoms with van der Waals surface area (Å²) in [7, 11) is 0. The fraction of sp³-hybridized carbons (Fsp3) is 0.500. The number of rotatable bonds is 2. The number of carbonyl (C=O) groups is 1. The van der Waals surface area contributed by atoms with Gasteiger partial charge in [0, 0.05) is 26.1 Å². The van der Waals surface area contributed by atoms with Crippen molar-refractivity contribution < 1.29 is 9.53 Å². The first kappa shape index (κ1) is 10.0. The van der Waals surface area contributed by atoms with Gasteiger partial charge in [0.05, 0.1) is 13.2 Å². The van der Waals surface area contributed by atoms with Gasteiger partial charge in [0.1, 0.15) is 17.8 Å². The van der Waals surface area contributed by atoms with Gasteiger partial charge in [-0.2, -0.15) is 0 Å². The standard InChI is InChI=1S/C10H13N3O2/c1-8(14)9-6-10(12-7-11-9)13-2-4-15-5-3-13/h6-7H,2-5H2,1H3. The van der Waals surface area contributed by atoms with E-state index in [-0.39, 0.29) is 5.78 Å². The Morgan fingerprint density at radius 2 is 2.13 bits per heavy atom. The minimum atomic E-state index is -0.0353. The van der Waals surface area contributed by atoms with E-state index < -0.39 is 0 Å². The zero-order valence-electron chi connectivity index (χ0n) is 8.64. The van der Waals surface area contributed by atoms with Crippen LogP contribution in [0.5, 0.6) is 0 Å². The van der Waals surface area contributed by atoms with Gasteiger partial charge in [-0.15, -0.1) is 0 Å². The highest BCUT2D eigenvalue weighted by atomic mass is 16.5. The molecule has 0 unspecified atom stereocenters. The van der Waals surface area contributed by atoms with Gasteiger partial charge in [0.15, 0.2) is 5.78 Å². The SMILES string of the molecule is CC(=O)c1cc(N2CCOCC2)ncn1. The molecule has 15 heavy (non-hydrogen) atoms. The van der Waals surface area contributed by atoms with E-state index in [9.17, 15) is 4.79 Å².